The van der Waals surface area contributed by atoms with Crippen molar-refractivity contribution in [1.29, 1.82) is 0 Å². The third-order valence-electron chi connectivity index (χ3n) is 3.30. The summed E-state index contributed by atoms with van der Waals surface area (Å²) in [5.74, 6) is 1.43. The van der Waals surface area contributed by atoms with Crippen molar-refractivity contribution in [2.45, 2.75) is 20.8 Å². The summed E-state index contributed by atoms with van der Waals surface area (Å²) in [5, 5.41) is 6.08. The summed E-state index contributed by atoms with van der Waals surface area (Å²) in [4.78, 5) is 11.8. The molecule has 0 aliphatic rings. The van der Waals surface area contributed by atoms with Crippen molar-refractivity contribution >= 4 is 23.3 Å². The van der Waals surface area contributed by atoms with Crippen molar-refractivity contribution in [3.8, 4) is 11.5 Å². The van der Waals surface area contributed by atoms with Crippen molar-refractivity contribution in [3.63, 3.8) is 0 Å². The van der Waals surface area contributed by atoms with E-state index in [-0.39, 0.29) is 12.8 Å². The molecule has 2 aromatic rings. The lowest BCUT2D eigenvalue weighted by molar-refractivity contribution is 0.234. The Morgan fingerprint density at radius 1 is 1.04 bits per heavy atom. The van der Waals surface area contributed by atoms with Crippen LogP contribution in [-0.2, 0) is 0 Å². The van der Waals surface area contributed by atoms with Gasteiger partial charge in [0, 0.05) is 10.7 Å². The van der Waals surface area contributed by atoms with Gasteiger partial charge in [0.25, 0.3) is 0 Å². The van der Waals surface area contributed by atoms with Gasteiger partial charge in [0.05, 0.1) is 6.61 Å². The minimum atomic E-state index is -0.346. The van der Waals surface area contributed by atoms with Gasteiger partial charge >= 0.3 is 6.03 Å². The Kier molecular flexibility index (Phi) is 6.32. The minimum absolute atomic E-state index is 0.0589. The number of ether oxygens (including phenoxy) is 2. The molecule has 0 saturated carbocycles. The van der Waals surface area contributed by atoms with Crippen molar-refractivity contribution in [2.24, 2.45) is 0 Å². The largest absolute Gasteiger partial charge is 0.494 e. The van der Waals surface area contributed by atoms with E-state index in [1.807, 2.05) is 32.9 Å². The van der Waals surface area contributed by atoms with E-state index in [9.17, 15) is 4.79 Å². The van der Waals surface area contributed by atoms with Crippen molar-refractivity contribution < 1.29 is 14.3 Å². The maximum Gasteiger partial charge on any atom is 0.321 e. The number of rotatable bonds is 6. The topological polar surface area (TPSA) is 59.6 Å². The summed E-state index contributed by atoms with van der Waals surface area (Å²) in [6, 6.07) is 10.5. The average molecular weight is 349 g/mol. The number of urea groups is 1. The van der Waals surface area contributed by atoms with E-state index in [2.05, 4.69) is 10.6 Å². The Bertz CT molecular complexity index is 679. The zero-order valence-electron chi connectivity index (χ0n) is 14.0. The third-order valence-corrected chi connectivity index (χ3v) is 3.90. The van der Waals surface area contributed by atoms with Gasteiger partial charge in [-0.05, 0) is 68.3 Å². The molecule has 0 bridgehead atoms. The predicted molar refractivity (Wildman–Crippen MR) is 96.2 cm³/mol. The standard InChI is InChI=1S/C18H21ClN2O3/c1-4-23-15-7-5-14(6-8-15)21-18(22)20-11-24-16-9-12(2)17(19)13(3)10-16/h5-10H,4,11H2,1-3H3,(H2,20,21,22). The lowest BCUT2D eigenvalue weighted by Crippen LogP contribution is -2.32. The SMILES string of the molecule is CCOc1ccc(NC(=O)NCOc2cc(C)c(Cl)c(C)c2)cc1. The number of hydrogen-bond donors (Lipinski definition) is 2. The molecule has 0 atom stereocenters. The summed E-state index contributed by atoms with van der Waals surface area (Å²) < 4.78 is 10.9. The molecular weight excluding hydrogens is 328 g/mol. The summed E-state index contributed by atoms with van der Waals surface area (Å²) >= 11 is 6.11. The molecule has 2 rings (SSSR count). The van der Waals surface area contributed by atoms with Crippen molar-refractivity contribution in [2.75, 3.05) is 18.7 Å². The Labute approximate surface area is 146 Å². The molecule has 0 fully saturated rings. The molecular formula is C18H21ClN2O3. The Morgan fingerprint density at radius 2 is 1.67 bits per heavy atom. The minimum Gasteiger partial charge on any atom is -0.494 e. The van der Waals surface area contributed by atoms with Crippen LogP contribution in [0.1, 0.15) is 18.1 Å². The van der Waals surface area contributed by atoms with Crippen LogP contribution in [0, 0.1) is 13.8 Å². The third kappa shape index (κ3) is 5.06. The van der Waals surface area contributed by atoms with Crippen molar-refractivity contribution in [1.82, 2.24) is 5.32 Å². The summed E-state index contributed by atoms with van der Waals surface area (Å²) in [6.45, 7) is 6.41. The van der Waals surface area contributed by atoms with Gasteiger partial charge in [0.1, 0.15) is 11.5 Å². The lowest BCUT2D eigenvalue weighted by atomic mass is 10.1. The van der Waals surface area contributed by atoms with Crippen LogP contribution >= 0.6 is 11.6 Å². The number of aryl methyl sites for hydroxylation is 2. The van der Waals surface area contributed by atoms with Gasteiger partial charge in [0.15, 0.2) is 6.73 Å². The Balaban J connectivity index is 1.81. The molecule has 2 aromatic carbocycles. The van der Waals surface area contributed by atoms with Crippen LogP contribution in [-0.4, -0.2) is 19.4 Å². The normalized spacial score (nSPS) is 10.2. The number of carbonyl (C=O) groups excluding carboxylic acids is 1. The van der Waals surface area contributed by atoms with Gasteiger partial charge in [0.2, 0.25) is 0 Å². The fourth-order valence-electron chi connectivity index (χ4n) is 2.15. The molecule has 6 heteroatoms. The molecule has 128 valence electrons. The average Bonchev–Trinajstić information content (AvgIpc) is 2.54. The maximum atomic E-state index is 11.8. The molecule has 24 heavy (non-hydrogen) atoms. The van der Waals surface area contributed by atoms with Crippen LogP contribution in [0.4, 0.5) is 10.5 Å². The van der Waals surface area contributed by atoms with Gasteiger partial charge in [-0.25, -0.2) is 4.79 Å². The first-order valence-corrected chi connectivity index (χ1v) is 8.04. The zero-order chi connectivity index (χ0) is 17.5. The zero-order valence-corrected chi connectivity index (χ0v) is 14.7. The second kappa shape index (κ2) is 8.45. The van der Waals surface area contributed by atoms with E-state index in [1.54, 1.807) is 24.3 Å². The van der Waals surface area contributed by atoms with Gasteiger partial charge in [-0.1, -0.05) is 11.6 Å². The number of halogens is 1. The van der Waals surface area contributed by atoms with Crippen LogP contribution in [0.2, 0.25) is 5.02 Å². The smallest absolute Gasteiger partial charge is 0.321 e. The first-order valence-electron chi connectivity index (χ1n) is 7.67. The Hall–Kier alpha value is -2.40. The number of hydrogen-bond acceptors (Lipinski definition) is 3. The molecule has 2 N–H and O–H groups in total. The molecule has 0 unspecified atom stereocenters. The highest BCUT2D eigenvalue weighted by molar-refractivity contribution is 6.32. The highest BCUT2D eigenvalue weighted by Crippen LogP contribution is 2.25. The van der Waals surface area contributed by atoms with Crippen LogP contribution in [0.25, 0.3) is 0 Å². The van der Waals surface area contributed by atoms with Crippen LogP contribution in [0.3, 0.4) is 0 Å². The van der Waals surface area contributed by atoms with E-state index in [4.69, 9.17) is 21.1 Å². The maximum absolute atomic E-state index is 11.8. The highest BCUT2D eigenvalue weighted by Gasteiger charge is 2.05. The number of amides is 2. The molecule has 0 heterocycles. The quantitative estimate of drug-likeness (QED) is 0.755. The fourth-order valence-corrected chi connectivity index (χ4v) is 2.26. The number of anilines is 1. The summed E-state index contributed by atoms with van der Waals surface area (Å²) in [5.41, 5.74) is 2.55. The molecule has 2 amide bonds. The van der Waals surface area contributed by atoms with E-state index < -0.39 is 0 Å². The van der Waals surface area contributed by atoms with Crippen LogP contribution in [0.5, 0.6) is 11.5 Å². The first-order chi connectivity index (χ1) is 11.5. The predicted octanol–water partition coefficient (Wildman–Crippen LogP) is 4.51. The molecule has 0 aliphatic carbocycles. The molecule has 5 nitrogen and oxygen atoms in total. The second-order valence-electron chi connectivity index (χ2n) is 5.25. The summed E-state index contributed by atoms with van der Waals surface area (Å²) in [7, 11) is 0. The van der Waals surface area contributed by atoms with Gasteiger partial charge in [-0.15, -0.1) is 0 Å². The molecule has 0 spiro atoms. The first kappa shape index (κ1) is 17.9. The second-order valence-corrected chi connectivity index (χ2v) is 5.63. The molecule has 0 saturated heterocycles. The molecule has 0 radical (unpaired) electrons. The van der Waals surface area contributed by atoms with Crippen LogP contribution < -0.4 is 20.1 Å². The van der Waals surface area contributed by atoms with E-state index in [0.29, 0.717) is 18.0 Å². The van der Waals surface area contributed by atoms with Crippen molar-refractivity contribution in [3.05, 3.63) is 52.5 Å². The fraction of sp³-hybridized carbons (Fsp3) is 0.278. The highest BCUT2D eigenvalue weighted by atomic mass is 35.5. The number of nitrogens with one attached hydrogen (secondary N) is 2. The lowest BCUT2D eigenvalue weighted by Gasteiger charge is -2.12. The molecule has 0 aliphatic heterocycles. The monoisotopic (exact) mass is 348 g/mol. The number of benzene rings is 2. The van der Waals surface area contributed by atoms with Gasteiger partial charge in [-0.3, -0.25) is 0 Å². The molecule has 0 aromatic heterocycles. The van der Waals surface area contributed by atoms with Gasteiger partial charge in [-0.2, -0.15) is 0 Å². The van der Waals surface area contributed by atoms with Gasteiger partial charge < -0.3 is 20.1 Å². The van der Waals surface area contributed by atoms with E-state index in [0.717, 1.165) is 21.9 Å². The Morgan fingerprint density at radius 3 is 2.25 bits per heavy atom. The van der Waals surface area contributed by atoms with Crippen LogP contribution in [0.15, 0.2) is 36.4 Å². The summed E-state index contributed by atoms with van der Waals surface area (Å²) in [6.07, 6.45) is 0. The number of carbonyl (C=O) groups is 1. The van der Waals surface area contributed by atoms with E-state index >= 15 is 0 Å². The van der Waals surface area contributed by atoms with E-state index in [1.165, 1.54) is 0 Å².